The second-order valence-electron chi connectivity index (χ2n) is 6.82. The topological polar surface area (TPSA) is 40.9 Å². The van der Waals surface area contributed by atoms with Crippen molar-refractivity contribution in [1.82, 2.24) is 0 Å². The lowest BCUT2D eigenvalue weighted by molar-refractivity contribution is 0.217. The van der Waals surface area contributed by atoms with E-state index in [1.165, 1.54) is 0 Å². The molecule has 0 saturated heterocycles. The summed E-state index contributed by atoms with van der Waals surface area (Å²) < 4.78 is 20.1. The first-order valence-corrected chi connectivity index (χ1v) is 8.70. The van der Waals surface area contributed by atoms with Gasteiger partial charge in [0.1, 0.15) is 0 Å². The lowest BCUT2D eigenvalue weighted by atomic mass is 9.68. The third-order valence-corrected chi connectivity index (χ3v) is 6.02. The van der Waals surface area contributed by atoms with E-state index in [9.17, 15) is 4.21 Å². The van der Waals surface area contributed by atoms with E-state index in [2.05, 4.69) is 27.7 Å². The molecule has 0 aliphatic carbocycles. The van der Waals surface area contributed by atoms with E-state index in [1.54, 1.807) is 0 Å². The van der Waals surface area contributed by atoms with Gasteiger partial charge in [-0.2, -0.15) is 10.6 Å². The van der Waals surface area contributed by atoms with Crippen LogP contribution < -0.4 is 0 Å². The molecule has 0 spiro atoms. The van der Waals surface area contributed by atoms with E-state index in [1.807, 2.05) is 60.7 Å². The smallest absolute Gasteiger partial charge is 0.0125 e. The number of rotatable bonds is 4. The van der Waals surface area contributed by atoms with Gasteiger partial charge in [-0.05, 0) is 16.1 Å². The molecule has 2 aromatic rings. The lowest BCUT2D eigenvalue weighted by Gasteiger charge is -2.49. The van der Waals surface area contributed by atoms with Gasteiger partial charge in [-0.25, -0.2) is 0 Å². The Bertz CT molecular complexity index is 637. The molecule has 0 fully saturated rings. The van der Waals surface area contributed by atoms with Crippen LogP contribution in [0, 0.1) is 16.1 Å². The maximum Gasteiger partial charge on any atom is -0.0125 e. The lowest BCUT2D eigenvalue weighted by Crippen LogP contribution is -2.42. The standard InChI is InChI=1S/C19H24NOS/c1-15(18(2,3)4)19(22(20)21,16-11-7-5-8-12-16)17-13-9-6-10-14-17/h5-15,20H,1-4H3/q-1/t15-/m0/s1. The Morgan fingerprint density at radius 2 is 1.23 bits per heavy atom. The van der Waals surface area contributed by atoms with Crippen molar-refractivity contribution in [3.8, 4) is 0 Å². The SMILES string of the molecule is C[C@@H](C(C)(C)C)C(c1ccccc1)(c1ccccc1)[S-](=N)=O. The van der Waals surface area contributed by atoms with Gasteiger partial charge < -0.3 is 8.99 Å². The maximum absolute atomic E-state index is 12.7. The van der Waals surface area contributed by atoms with Gasteiger partial charge in [0.2, 0.25) is 0 Å². The predicted molar refractivity (Wildman–Crippen MR) is 93.1 cm³/mol. The summed E-state index contributed by atoms with van der Waals surface area (Å²) in [6.45, 7) is 8.54. The minimum atomic E-state index is -1.79. The van der Waals surface area contributed by atoms with Crippen LogP contribution in [-0.2, 0) is 19.6 Å². The molecule has 1 atom stereocenters. The quantitative estimate of drug-likeness (QED) is 0.760. The molecule has 1 N–H and O–H groups in total. The van der Waals surface area contributed by atoms with Crippen LogP contribution >= 0.6 is 0 Å². The Morgan fingerprint density at radius 1 is 0.864 bits per heavy atom. The molecule has 0 heterocycles. The van der Waals surface area contributed by atoms with E-state index >= 15 is 0 Å². The molecule has 22 heavy (non-hydrogen) atoms. The van der Waals surface area contributed by atoms with E-state index in [0.29, 0.717) is 0 Å². The molecule has 118 valence electrons. The Morgan fingerprint density at radius 3 is 1.50 bits per heavy atom. The molecule has 0 aliphatic heterocycles. The summed E-state index contributed by atoms with van der Waals surface area (Å²) in [6, 6.07) is 19.7. The van der Waals surface area contributed by atoms with Gasteiger partial charge in [-0.15, -0.1) is 0 Å². The second kappa shape index (κ2) is 6.25. The molecule has 0 aromatic heterocycles. The summed E-state index contributed by atoms with van der Waals surface area (Å²) in [5.74, 6) is 0.0307. The number of benzene rings is 2. The average molecular weight is 314 g/mol. The van der Waals surface area contributed by atoms with E-state index in [0.717, 1.165) is 11.1 Å². The molecule has 0 radical (unpaired) electrons. The van der Waals surface area contributed by atoms with Crippen LogP contribution in [0.25, 0.3) is 0 Å². The molecule has 2 nitrogen and oxygen atoms in total. The molecule has 2 rings (SSSR count). The zero-order valence-corrected chi connectivity index (χ0v) is 14.5. The van der Waals surface area contributed by atoms with Crippen LogP contribution in [-0.4, -0.2) is 0 Å². The summed E-state index contributed by atoms with van der Waals surface area (Å²) in [5, 5.41) is 0. The molecule has 0 unspecified atom stereocenters. The first-order valence-electron chi connectivity index (χ1n) is 7.55. The van der Waals surface area contributed by atoms with E-state index < -0.39 is 15.3 Å². The fraction of sp³-hybridized carbons (Fsp3) is 0.368. The highest BCUT2D eigenvalue weighted by molar-refractivity contribution is 7.74. The fourth-order valence-electron chi connectivity index (χ4n) is 3.02. The Balaban J connectivity index is 2.83. The Labute approximate surface area is 135 Å². The van der Waals surface area contributed by atoms with Gasteiger partial charge in [0.25, 0.3) is 0 Å². The summed E-state index contributed by atoms with van der Waals surface area (Å²) in [7, 11) is -1.79. The zero-order chi connectivity index (χ0) is 16.4. The van der Waals surface area contributed by atoms with Gasteiger partial charge in [0, 0.05) is 0 Å². The number of nitrogens with one attached hydrogen (secondary N) is 1. The zero-order valence-electron chi connectivity index (χ0n) is 13.7. The van der Waals surface area contributed by atoms with E-state index in [-0.39, 0.29) is 11.3 Å². The van der Waals surface area contributed by atoms with Crippen LogP contribution in [0.3, 0.4) is 0 Å². The van der Waals surface area contributed by atoms with Crippen molar-refractivity contribution in [2.45, 2.75) is 32.4 Å². The number of hydrogen-bond acceptors (Lipinski definition) is 3. The third kappa shape index (κ3) is 2.82. The van der Waals surface area contributed by atoms with Crippen LogP contribution in [0.5, 0.6) is 0 Å². The van der Waals surface area contributed by atoms with Crippen molar-refractivity contribution in [2.24, 2.45) is 11.3 Å². The van der Waals surface area contributed by atoms with Gasteiger partial charge in [-0.1, -0.05) is 99.5 Å². The third-order valence-electron chi connectivity index (χ3n) is 4.61. The van der Waals surface area contributed by atoms with Crippen molar-refractivity contribution in [3.63, 3.8) is 0 Å². The largest absolute Gasteiger partial charge is 0.443 e. The van der Waals surface area contributed by atoms with E-state index in [4.69, 9.17) is 4.78 Å². The summed E-state index contributed by atoms with van der Waals surface area (Å²) in [6.07, 6.45) is 0. The molecule has 0 amide bonds. The predicted octanol–water partition coefficient (Wildman–Crippen LogP) is 5.34. The fourth-order valence-corrected chi connectivity index (χ4v) is 4.40. The first-order chi connectivity index (χ1) is 10.3. The monoisotopic (exact) mass is 314 g/mol. The summed E-state index contributed by atoms with van der Waals surface area (Å²) >= 11 is 0. The summed E-state index contributed by atoms with van der Waals surface area (Å²) in [5.41, 5.74) is 1.80. The number of hydrogen-bond donors (Lipinski definition) is 1. The van der Waals surface area contributed by atoms with Gasteiger partial charge >= 0.3 is 0 Å². The van der Waals surface area contributed by atoms with Crippen LogP contribution in [0.2, 0.25) is 0 Å². The molecule has 0 aliphatic rings. The van der Waals surface area contributed by atoms with Gasteiger partial charge in [0.15, 0.2) is 0 Å². The average Bonchev–Trinajstić information content (AvgIpc) is 2.49. The van der Waals surface area contributed by atoms with Gasteiger partial charge in [-0.3, -0.25) is 0 Å². The molecule has 2 aromatic carbocycles. The van der Waals surface area contributed by atoms with Crippen molar-refractivity contribution in [1.29, 1.82) is 4.78 Å². The van der Waals surface area contributed by atoms with Gasteiger partial charge in [0.05, 0.1) is 0 Å². The highest BCUT2D eigenvalue weighted by Crippen LogP contribution is 2.47. The maximum atomic E-state index is 12.7. The first kappa shape index (κ1) is 16.8. The van der Waals surface area contributed by atoms with Crippen LogP contribution in [0.15, 0.2) is 60.7 Å². The van der Waals surface area contributed by atoms with Crippen LogP contribution in [0.1, 0.15) is 38.8 Å². The highest BCUT2D eigenvalue weighted by Gasteiger charge is 2.40. The minimum absolute atomic E-state index is 0.0307. The Kier molecular flexibility index (Phi) is 4.76. The highest BCUT2D eigenvalue weighted by atomic mass is 32.2. The molecule has 3 heteroatoms. The molecular weight excluding hydrogens is 290 g/mol. The minimum Gasteiger partial charge on any atom is -0.443 e. The second-order valence-corrected chi connectivity index (χ2v) is 8.01. The normalized spacial score (nSPS) is 14.0. The van der Waals surface area contributed by atoms with Crippen molar-refractivity contribution in [3.05, 3.63) is 71.8 Å². The van der Waals surface area contributed by atoms with Crippen molar-refractivity contribution in [2.75, 3.05) is 0 Å². The molecule has 0 saturated carbocycles. The van der Waals surface area contributed by atoms with Crippen molar-refractivity contribution >= 4 is 10.6 Å². The molecule has 0 bridgehead atoms. The molecular formula is C19H24NOS-. The van der Waals surface area contributed by atoms with Crippen molar-refractivity contribution < 1.29 is 4.21 Å². The Hall–Kier alpha value is -1.61. The summed E-state index contributed by atoms with van der Waals surface area (Å²) in [4.78, 5) is 0. The van der Waals surface area contributed by atoms with Crippen LogP contribution in [0.4, 0.5) is 0 Å².